The van der Waals surface area contributed by atoms with E-state index in [-0.39, 0.29) is 11.9 Å². The van der Waals surface area contributed by atoms with Crippen LogP contribution in [-0.4, -0.2) is 15.5 Å². The third-order valence-electron chi connectivity index (χ3n) is 2.50. The molecular formula is C12H13N3OS. The van der Waals surface area contributed by atoms with Crippen LogP contribution in [0, 0.1) is 6.92 Å². The Bertz CT molecular complexity index is 509. The second kappa shape index (κ2) is 5.05. The quantitative estimate of drug-likeness (QED) is 0.905. The van der Waals surface area contributed by atoms with Crippen molar-refractivity contribution in [2.45, 2.75) is 19.9 Å². The number of carbonyl (C=O) groups excluding carboxylic acids is 1. The average molecular weight is 247 g/mol. The van der Waals surface area contributed by atoms with Gasteiger partial charge in [-0.1, -0.05) is 34.8 Å². The number of nitrogens with zero attached hydrogens (tertiary/aromatic N) is 2. The maximum absolute atomic E-state index is 11.9. The second-order valence-corrected chi connectivity index (χ2v) is 4.55. The van der Waals surface area contributed by atoms with Crippen LogP contribution < -0.4 is 5.32 Å². The van der Waals surface area contributed by atoms with Gasteiger partial charge in [-0.05, 0) is 30.9 Å². The van der Waals surface area contributed by atoms with Crippen LogP contribution in [0.3, 0.4) is 0 Å². The van der Waals surface area contributed by atoms with E-state index in [4.69, 9.17) is 0 Å². The van der Waals surface area contributed by atoms with Gasteiger partial charge < -0.3 is 5.32 Å². The number of aryl methyl sites for hydroxylation is 1. The molecule has 0 spiro atoms. The zero-order valence-corrected chi connectivity index (χ0v) is 10.5. The Morgan fingerprint density at radius 2 is 2.06 bits per heavy atom. The van der Waals surface area contributed by atoms with E-state index in [2.05, 4.69) is 14.9 Å². The predicted molar refractivity (Wildman–Crippen MR) is 67.0 cm³/mol. The molecule has 4 nitrogen and oxygen atoms in total. The van der Waals surface area contributed by atoms with E-state index in [1.165, 1.54) is 0 Å². The number of hydrogen-bond donors (Lipinski definition) is 1. The minimum Gasteiger partial charge on any atom is -0.345 e. The molecule has 0 saturated carbocycles. The summed E-state index contributed by atoms with van der Waals surface area (Å²) in [5.74, 6) is -0.117. The molecule has 5 heteroatoms. The molecule has 2 aromatic rings. The van der Waals surface area contributed by atoms with Crippen molar-refractivity contribution in [3.05, 3.63) is 46.5 Å². The molecule has 88 valence electrons. The van der Waals surface area contributed by atoms with Crippen LogP contribution in [0.1, 0.15) is 33.9 Å². The Kier molecular flexibility index (Phi) is 3.49. The third kappa shape index (κ3) is 2.68. The molecule has 0 aliphatic rings. The van der Waals surface area contributed by atoms with Gasteiger partial charge in [0.2, 0.25) is 0 Å². The first-order valence-electron chi connectivity index (χ1n) is 5.33. The molecule has 2 rings (SSSR count). The summed E-state index contributed by atoms with van der Waals surface area (Å²) in [6.07, 6.45) is 0. The lowest BCUT2D eigenvalue weighted by atomic mass is 10.1. The molecule has 0 radical (unpaired) electrons. The number of rotatable bonds is 3. The van der Waals surface area contributed by atoms with Crippen molar-refractivity contribution in [1.29, 1.82) is 0 Å². The lowest BCUT2D eigenvalue weighted by Gasteiger charge is -2.13. The minimum absolute atomic E-state index is 0.0230. The largest absolute Gasteiger partial charge is 0.345 e. The van der Waals surface area contributed by atoms with E-state index in [0.717, 1.165) is 17.1 Å². The van der Waals surface area contributed by atoms with Crippen LogP contribution >= 0.6 is 11.5 Å². The van der Waals surface area contributed by atoms with E-state index in [0.29, 0.717) is 10.6 Å². The number of amides is 1. The Hall–Kier alpha value is -1.75. The average Bonchev–Trinajstić information content (AvgIpc) is 2.76. The highest BCUT2D eigenvalue weighted by molar-refractivity contribution is 7.07. The van der Waals surface area contributed by atoms with Gasteiger partial charge in [0.15, 0.2) is 0 Å². The highest BCUT2D eigenvalue weighted by atomic mass is 32.1. The normalized spacial score (nSPS) is 12.1. The van der Waals surface area contributed by atoms with E-state index in [1.54, 1.807) is 6.92 Å². The molecule has 1 heterocycles. The molecule has 1 aromatic heterocycles. The van der Waals surface area contributed by atoms with E-state index in [9.17, 15) is 4.79 Å². The van der Waals surface area contributed by atoms with Crippen molar-refractivity contribution in [3.8, 4) is 0 Å². The van der Waals surface area contributed by atoms with Gasteiger partial charge in [0.05, 0.1) is 11.7 Å². The van der Waals surface area contributed by atoms with Crippen molar-refractivity contribution in [3.63, 3.8) is 0 Å². The number of aromatic nitrogens is 2. The van der Waals surface area contributed by atoms with Crippen molar-refractivity contribution in [1.82, 2.24) is 14.9 Å². The van der Waals surface area contributed by atoms with Gasteiger partial charge in [-0.2, -0.15) is 0 Å². The Balaban J connectivity index is 2.08. The fourth-order valence-corrected chi connectivity index (χ4v) is 2.09. The summed E-state index contributed by atoms with van der Waals surface area (Å²) in [7, 11) is 0. The SMILES string of the molecule is Cc1nnsc1C(=O)N[C@@H](C)c1ccccc1. The van der Waals surface area contributed by atoms with E-state index >= 15 is 0 Å². The molecule has 1 amide bonds. The van der Waals surface area contributed by atoms with Gasteiger partial charge in [0, 0.05) is 0 Å². The van der Waals surface area contributed by atoms with Gasteiger partial charge in [-0.25, -0.2) is 0 Å². The molecule has 1 aromatic carbocycles. The van der Waals surface area contributed by atoms with Gasteiger partial charge in [-0.15, -0.1) is 5.10 Å². The molecule has 0 fully saturated rings. The number of hydrogen-bond acceptors (Lipinski definition) is 4. The van der Waals surface area contributed by atoms with Crippen LogP contribution in [0.2, 0.25) is 0 Å². The Labute approximate surface area is 104 Å². The summed E-state index contributed by atoms with van der Waals surface area (Å²) in [5.41, 5.74) is 1.75. The zero-order chi connectivity index (χ0) is 12.3. The van der Waals surface area contributed by atoms with Gasteiger partial charge in [0.1, 0.15) is 4.88 Å². The maximum Gasteiger partial charge on any atom is 0.265 e. The van der Waals surface area contributed by atoms with Crippen molar-refractivity contribution < 1.29 is 4.79 Å². The van der Waals surface area contributed by atoms with Crippen molar-refractivity contribution in [2.75, 3.05) is 0 Å². The first-order valence-corrected chi connectivity index (χ1v) is 6.10. The summed E-state index contributed by atoms with van der Waals surface area (Å²) in [6, 6.07) is 9.82. The monoisotopic (exact) mass is 247 g/mol. The zero-order valence-electron chi connectivity index (χ0n) is 9.68. The van der Waals surface area contributed by atoms with Crippen LogP contribution in [0.5, 0.6) is 0 Å². The molecule has 1 N–H and O–H groups in total. The molecule has 0 bridgehead atoms. The van der Waals surface area contributed by atoms with Crippen LogP contribution in [-0.2, 0) is 0 Å². The number of carbonyl (C=O) groups is 1. The standard InChI is InChI=1S/C12H13N3OS/c1-8(10-6-4-3-5-7-10)13-12(16)11-9(2)14-15-17-11/h3-8H,1-2H3,(H,13,16)/t8-/m0/s1. The molecule has 0 aliphatic carbocycles. The maximum atomic E-state index is 11.9. The summed E-state index contributed by atoms with van der Waals surface area (Å²) in [6.45, 7) is 3.74. The summed E-state index contributed by atoms with van der Waals surface area (Å²) < 4.78 is 3.75. The summed E-state index contributed by atoms with van der Waals surface area (Å²) in [5, 5.41) is 6.76. The van der Waals surface area contributed by atoms with Gasteiger partial charge in [0.25, 0.3) is 5.91 Å². The van der Waals surface area contributed by atoms with Gasteiger partial charge in [-0.3, -0.25) is 4.79 Å². The lowest BCUT2D eigenvalue weighted by molar-refractivity contribution is 0.0943. The van der Waals surface area contributed by atoms with Gasteiger partial charge >= 0.3 is 0 Å². The minimum atomic E-state index is -0.117. The van der Waals surface area contributed by atoms with E-state index in [1.807, 2.05) is 37.3 Å². The van der Waals surface area contributed by atoms with Crippen molar-refractivity contribution >= 4 is 17.4 Å². The van der Waals surface area contributed by atoms with Crippen LogP contribution in [0.15, 0.2) is 30.3 Å². The van der Waals surface area contributed by atoms with Crippen LogP contribution in [0.25, 0.3) is 0 Å². The first kappa shape index (κ1) is 11.7. The highest BCUT2D eigenvalue weighted by Crippen LogP contribution is 2.14. The fourth-order valence-electron chi connectivity index (χ4n) is 1.53. The lowest BCUT2D eigenvalue weighted by Crippen LogP contribution is -2.26. The Morgan fingerprint density at radius 3 is 2.65 bits per heavy atom. The Morgan fingerprint density at radius 1 is 1.35 bits per heavy atom. The molecular weight excluding hydrogens is 234 g/mol. The predicted octanol–water partition coefficient (Wildman–Crippen LogP) is 2.34. The number of nitrogens with one attached hydrogen (secondary N) is 1. The summed E-state index contributed by atoms with van der Waals surface area (Å²) >= 11 is 1.12. The fraction of sp³-hybridized carbons (Fsp3) is 0.250. The van der Waals surface area contributed by atoms with Crippen molar-refractivity contribution in [2.24, 2.45) is 0 Å². The smallest absolute Gasteiger partial charge is 0.265 e. The molecule has 0 unspecified atom stereocenters. The van der Waals surface area contributed by atoms with E-state index < -0.39 is 0 Å². The molecule has 17 heavy (non-hydrogen) atoms. The third-order valence-corrected chi connectivity index (χ3v) is 3.33. The molecule has 0 saturated heterocycles. The number of benzene rings is 1. The highest BCUT2D eigenvalue weighted by Gasteiger charge is 2.15. The second-order valence-electron chi connectivity index (χ2n) is 3.79. The molecule has 1 atom stereocenters. The first-order chi connectivity index (χ1) is 8.18. The molecule has 0 aliphatic heterocycles. The summed E-state index contributed by atoms with van der Waals surface area (Å²) in [4.78, 5) is 12.5. The van der Waals surface area contributed by atoms with Crippen LogP contribution in [0.4, 0.5) is 0 Å². The topological polar surface area (TPSA) is 54.9 Å².